The van der Waals surface area contributed by atoms with Gasteiger partial charge in [0.1, 0.15) is 5.56 Å². The lowest BCUT2D eigenvalue weighted by Gasteiger charge is -2.29. The lowest BCUT2D eigenvalue weighted by molar-refractivity contribution is 0.0702. The van der Waals surface area contributed by atoms with E-state index in [-0.39, 0.29) is 22.3 Å². The molecule has 5 nitrogen and oxygen atoms in total. The Balaban J connectivity index is 2.31. The number of aliphatic hydroxyl groups is 1. The molecule has 1 aromatic rings. The van der Waals surface area contributed by atoms with E-state index in [1.165, 1.54) is 6.07 Å². The van der Waals surface area contributed by atoms with Crippen molar-refractivity contribution in [2.75, 3.05) is 13.1 Å². The summed E-state index contributed by atoms with van der Waals surface area (Å²) in [6.07, 6.45) is 2.44. The third-order valence-corrected chi connectivity index (χ3v) is 4.14. The monoisotopic (exact) mass is 292 g/mol. The first-order valence-electron chi connectivity index (χ1n) is 7.34. The molecule has 1 aliphatic rings. The molecule has 0 bridgehead atoms. The summed E-state index contributed by atoms with van der Waals surface area (Å²) in [4.78, 5) is 26.4. The molecule has 1 saturated heterocycles. The highest BCUT2D eigenvalue weighted by Gasteiger charge is 2.32. The quantitative estimate of drug-likeness (QED) is 0.849. The van der Waals surface area contributed by atoms with E-state index in [1.807, 2.05) is 27.8 Å². The van der Waals surface area contributed by atoms with Crippen molar-refractivity contribution < 1.29 is 9.90 Å². The van der Waals surface area contributed by atoms with Gasteiger partial charge >= 0.3 is 0 Å². The molecule has 2 heterocycles. The lowest BCUT2D eigenvalue weighted by atomic mass is 9.87. The number of aliphatic hydroxyl groups excluding tert-OH is 1. The van der Waals surface area contributed by atoms with Crippen molar-refractivity contribution in [1.29, 1.82) is 0 Å². The van der Waals surface area contributed by atoms with Gasteiger partial charge in [-0.3, -0.25) is 9.59 Å². The standard InChI is InChI=1S/C16H24N2O3/c1-11-7-14(20)13(9-17(11)4)15(21)18-6-5-12(19)8-16(2,3)10-18/h7,9,12,19H,5-6,8,10H2,1-4H3/t12-/m1/s1. The van der Waals surface area contributed by atoms with Crippen LogP contribution >= 0.6 is 0 Å². The second-order valence-corrected chi connectivity index (χ2v) is 6.84. The fraction of sp³-hybridized carbons (Fsp3) is 0.625. The Morgan fingerprint density at radius 3 is 2.76 bits per heavy atom. The van der Waals surface area contributed by atoms with Gasteiger partial charge in [0.25, 0.3) is 5.91 Å². The number of hydrogen-bond acceptors (Lipinski definition) is 3. The van der Waals surface area contributed by atoms with Crippen molar-refractivity contribution in [3.63, 3.8) is 0 Å². The lowest BCUT2D eigenvalue weighted by Crippen LogP contribution is -2.39. The van der Waals surface area contributed by atoms with Crippen molar-refractivity contribution >= 4 is 5.91 Å². The maximum Gasteiger partial charge on any atom is 0.259 e. The number of likely N-dealkylation sites (tertiary alicyclic amines) is 1. The highest BCUT2D eigenvalue weighted by atomic mass is 16.3. The van der Waals surface area contributed by atoms with Gasteiger partial charge in [0.2, 0.25) is 0 Å². The number of aryl methyl sites for hydroxylation is 2. The van der Waals surface area contributed by atoms with Crippen LogP contribution in [0.15, 0.2) is 17.1 Å². The summed E-state index contributed by atoms with van der Waals surface area (Å²) in [7, 11) is 1.82. The Labute approximate surface area is 125 Å². The highest BCUT2D eigenvalue weighted by molar-refractivity contribution is 5.94. The molecule has 0 aliphatic carbocycles. The first-order chi connectivity index (χ1) is 9.69. The van der Waals surface area contributed by atoms with Crippen molar-refractivity contribution in [2.24, 2.45) is 12.5 Å². The van der Waals surface area contributed by atoms with Gasteiger partial charge in [-0.1, -0.05) is 13.8 Å². The van der Waals surface area contributed by atoms with E-state index in [0.717, 1.165) is 5.69 Å². The molecule has 1 aromatic heterocycles. The average molecular weight is 292 g/mol. The van der Waals surface area contributed by atoms with Gasteiger partial charge in [-0.15, -0.1) is 0 Å². The number of hydrogen-bond donors (Lipinski definition) is 1. The Morgan fingerprint density at radius 2 is 2.10 bits per heavy atom. The molecule has 116 valence electrons. The number of rotatable bonds is 1. The molecule has 0 radical (unpaired) electrons. The molecule has 1 aliphatic heterocycles. The second-order valence-electron chi connectivity index (χ2n) is 6.84. The number of pyridine rings is 1. The SMILES string of the molecule is Cc1cc(=O)c(C(=O)N2CC[C@@H](O)CC(C)(C)C2)cn1C. The van der Waals surface area contributed by atoms with E-state index in [9.17, 15) is 14.7 Å². The van der Waals surface area contributed by atoms with Gasteiger partial charge in [0, 0.05) is 38.1 Å². The first kappa shape index (κ1) is 15.8. The fourth-order valence-corrected chi connectivity index (χ4v) is 2.94. The van der Waals surface area contributed by atoms with Crippen LogP contribution in [0.1, 0.15) is 42.7 Å². The molecule has 2 rings (SSSR count). The minimum absolute atomic E-state index is 0.151. The Bertz CT molecular complexity index is 604. The van der Waals surface area contributed by atoms with E-state index in [0.29, 0.717) is 25.9 Å². The number of nitrogens with zero attached hydrogens (tertiary/aromatic N) is 2. The Kier molecular flexibility index (Phi) is 4.23. The minimum atomic E-state index is -0.390. The van der Waals surface area contributed by atoms with Gasteiger partial charge in [0.05, 0.1) is 6.10 Å². The maximum atomic E-state index is 12.7. The largest absolute Gasteiger partial charge is 0.393 e. The summed E-state index contributed by atoms with van der Waals surface area (Å²) in [5.74, 6) is -0.238. The average Bonchev–Trinajstić information content (AvgIpc) is 2.50. The fourth-order valence-electron chi connectivity index (χ4n) is 2.94. The molecule has 1 N–H and O–H groups in total. The zero-order chi connectivity index (χ0) is 15.8. The number of amides is 1. The van der Waals surface area contributed by atoms with Gasteiger partial charge in [-0.05, 0) is 25.2 Å². The van der Waals surface area contributed by atoms with Crippen LogP contribution in [-0.4, -0.2) is 39.7 Å². The molecule has 1 atom stereocenters. The van der Waals surface area contributed by atoms with E-state index in [1.54, 1.807) is 15.7 Å². The van der Waals surface area contributed by atoms with E-state index < -0.39 is 6.10 Å². The zero-order valence-corrected chi connectivity index (χ0v) is 13.2. The first-order valence-corrected chi connectivity index (χ1v) is 7.34. The minimum Gasteiger partial charge on any atom is -0.393 e. The zero-order valence-electron chi connectivity index (χ0n) is 13.2. The molecule has 0 saturated carbocycles. The van der Waals surface area contributed by atoms with Gasteiger partial charge < -0.3 is 14.6 Å². The van der Waals surface area contributed by atoms with Crippen LogP contribution in [0.25, 0.3) is 0 Å². The van der Waals surface area contributed by atoms with E-state index in [2.05, 4.69) is 0 Å². The summed E-state index contributed by atoms with van der Waals surface area (Å²) in [5.41, 5.74) is 0.637. The van der Waals surface area contributed by atoms with Crippen molar-refractivity contribution in [3.05, 3.63) is 33.7 Å². The van der Waals surface area contributed by atoms with Crippen LogP contribution in [0.5, 0.6) is 0 Å². The van der Waals surface area contributed by atoms with Crippen LogP contribution in [0, 0.1) is 12.3 Å². The molecular weight excluding hydrogens is 268 g/mol. The molecule has 21 heavy (non-hydrogen) atoms. The molecule has 0 unspecified atom stereocenters. The molecular formula is C16H24N2O3. The molecule has 0 spiro atoms. The third kappa shape index (κ3) is 3.53. The van der Waals surface area contributed by atoms with Crippen molar-refractivity contribution in [1.82, 2.24) is 9.47 Å². The number of aromatic nitrogens is 1. The Morgan fingerprint density at radius 1 is 1.43 bits per heavy atom. The van der Waals surface area contributed by atoms with Gasteiger partial charge in [0.15, 0.2) is 5.43 Å². The number of carbonyl (C=O) groups is 1. The van der Waals surface area contributed by atoms with Crippen molar-refractivity contribution in [3.8, 4) is 0 Å². The Hall–Kier alpha value is -1.62. The molecule has 0 aromatic carbocycles. The molecule has 5 heteroatoms. The van der Waals surface area contributed by atoms with Crippen LogP contribution in [0.3, 0.4) is 0 Å². The summed E-state index contributed by atoms with van der Waals surface area (Å²) in [6, 6.07) is 1.49. The van der Waals surface area contributed by atoms with Crippen LogP contribution in [0.2, 0.25) is 0 Å². The van der Waals surface area contributed by atoms with E-state index >= 15 is 0 Å². The van der Waals surface area contributed by atoms with Gasteiger partial charge in [-0.2, -0.15) is 0 Å². The van der Waals surface area contributed by atoms with Crippen LogP contribution in [0.4, 0.5) is 0 Å². The predicted molar refractivity (Wildman–Crippen MR) is 81.3 cm³/mol. The number of carbonyl (C=O) groups excluding carboxylic acids is 1. The summed E-state index contributed by atoms with van der Waals surface area (Å²) in [5, 5.41) is 9.93. The topological polar surface area (TPSA) is 62.5 Å². The summed E-state index contributed by atoms with van der Waals surface area (Å²) >= 11 is 0. The molecule has 1 fully saturated rings. The van der Waals surface area contributed by atoms with Crippen LogP contribution < -0.4 is 5.43 Å². The predicted octanol–water partition coefficient (Wildman–Crippen LogP) is 1.32. The normalized spacial score (nSPS) is 22.0. The highest BCUT2D eigenvalue weighted by Crippen LogP contribution is 2.28. The third-order valence-electron chi connectivity index (χ3n) is 4.14. The molecule has 1 amide bonds. The maximum absolute atomic E-state index is 12.7. The summed E-state index contributed by atoms with van der Waals surface area (Å²) < 4.78 is 1.78. The summed E-state index contributed by atoms with van der Waals surface area (Å²) in [6.45, 7) is 6.95. The smallest absolute Gasteiger partial charge is 0.259 e. The van der Waals surface area contributed by atoms with Crippen molar-refractivity contribution in [2.45, 2.75) is 39.7 Å². The van der Waals surface area contributed by atoms with Crippen LogP contribution in [-0.2, 0) is 7.05 Å². The van der Waals surface area contributed by atoms with E-state index in [4.69, 9.17) is 0 Å². The van der Waals surface area contributed by atoms with Gasteiger partial charge in [-0.25, -0.2) is 0 Å². The second kappa shape index (κ2) is 5.64.